The number of nitrogens with zero attached hydrogens (tertiary/aromatic N) is 2. The van der Waals surface area contributed by atoms with E-state index in [9.17, 15) is 14.0 Å². The lowest BCUT2D eigenvalue weighted by molar-refractivity contribution is -0.123. The van der Waals surface area contributed by atoms with Crippen molar-refractivity contribution in [1.29, 1.82) is 0 Å². The lowest BCUT2D eigenvalue weighted by Gasteiger charge is -2.18. The maximum absolute atomic E-state index is 13.2. The fourth-order valence-corrected chi connectivity index (χ4v) is 3.59. The van der Waals surface area contributed by atoms with E-state index in [4.69, 9.17) is 11.6 Å². The van der Waals surface area contributed by atoms with Crippen LogP contribution >= 0.6 is 11.6 Å². The van der Waals surface area contributed by atoms with Gasteiger partial charge in [0.25, 0.3) is 0 Å². The molecule has 10 heteroatoms. The summed E-state index contributed by atoms with van der Waals surface area (Å²) in [6.45, 7) is 0. The minimum Gasteiger partial charge on any atom is -0.340 e. The van der Waals surface area contributed by atoms with Crippen molar-refractivity contribution in [3.63, 3.8) is 0 Å². The van der Waals surface area contributed by atoms with Gasteiger partial charge in [0.15, 0.2) is 0 Å². The van der Waals surface area contributed by atoms with E-state index >= 15 is 0 Å². The van der Waals surface area contributed by atoms with Gasteiger partial charge < -0.3 is 10.6 Å². The average molecular weight is 493 g/mol. The molecular formula is C25H22ClFN6O2. The number of nitrogens with one attached hydrogen (secondary N) is 4. The van der Waals surface area contributed by atoms with Gasteiger partial charge >= 0.3 is 0 Å². The number of hydrazone groups is 1. The zero-order valence-corrected chi connectivity index (χ0v) is 19.2. The Hall–Kier alpha value is -4.21. The fraction of sp³-hybridized carbons (Fsp3) is 0.0800. The molecule has 0 unspecified atom stereocenters. The van der Waals surface area contributed by atoms with Gasteiger partial charge in [-0.15, -0.1) is 5.53 Å². The van der Waals surface area contributed by atoms with E-state index in [0.29, 0.717) is 22.0 Å². The van der Waals surface area contributed by atoms with Crippen molar-refractivity contribution >= 4 is 47.2 Å². The van der Waals surface area contributed by atoms with E-state index in [1.165, 1.54) is 36.7 Å². The molecular weight excluding hydrogens is 471 g/mol. The number of amides is 2. The van der Waals surface area contributed by atoms with Gasteiger partial charge in [-0.05, 0) is 54.1 Å². The quantitative estimate of drug-likeness (QED) is 0.360. The molecule has 0 aromatic heterocycles. The third-order valence-corrected chi connectivity index (χ3v) is 5.33. The van der Waals surface area contributed by atoms with Crippen LogP contribution in [0.1, 0.15) is 11.1 Å². The number of halogens is 2. The lowest BCUT2D eigenvalue weighted by Crippen LogP contribution is -2.44. The summed E-state index contributed by atoms with van der Waals surface area (Å²) in [6.07, 6.45) is 4.74. The maximum Gasteiger partial charge on any atom is 0.247 e. The average Bonchev–Trinajstić information content (AvgIpc) is 3.39. The molecule has 1 aliphatic heterocycles. The molecule has 0 aliphatic carbocycles. The molecule has 4 N–H and O–H groups in total. The monoisotopic (exact) mass is 492 g/mol. The van der Waals surface area contributed by atoms with Crippen LogP contribution in [0.4, 0.5) is 15.8 Å². The molecule has 0 radical (unpaired) electrons. The summed E-state index contributed by atoms with van der Waals surface area (Å²) < 4.78 is 13.2. The van der Waals surface area contributed by atoms with E-state index in [1.54, 1.807) is 29.3 Å². The Morgan fingerprint density at radius 2 is 1.86 bits per heavy atom. The number of carbonyl (C=O) groups is 2. The van der Waals surface area contributed by atoms with E-state index < -0.39 is 23.7 Å². The lowest BCUT2D eigenvalue weighted by atomic mass is 10.0. The molecule has 178 valence electrons. The van der Waals surface area contributed by atoms with Crippen LogP contribution in [0.3, 0.4) is 0 Å². The zero-order valence-electron chi connectivity index (χ0n) is 18.4. The van der Waals surface area contributed by atoms with Gasteiger partial charge in [-0.25, -0.2) is 14.9 Å². The topological polar surface area (TPSA) is 97.9 Å². The first-order chi connectivity index (χ1) is 17.0. The Kier molecular flexibility index (Phi) is 7.71. The Morgan fingerprint density at radius 3 is 2.57 bits per heavy atom. The molecule has 0 fully saturated rings. The van der Waals surface area contributed by atoms with Crippen molar-refractivity contribution in [3.8, 4) is 0 Å². The van der Waals surface area contributed by atoms with Crippen LogP contribution in [-0.2, 0) is 16.0 Å². The first-order valence-electron chi connectivity index (χ1n) is 10.7. The Labute approximate surface area is 206 Å². The molecule has 0 saturated carbocycles. The SMILES string of the molecule is O=C(/C=C/c1cc(Cl)ccc1N1C=NNN1)N[C@@H](Cc1ccccc1)C(=O)Nc1ccc(F)cc1. The maximum atomic E-state index is 13.2. The highest BCUT2D eigenvalue weighted by atomic mass is 35.5. The predicted octanol–water partition coefficient (Wildman–Crippen LogP) is 3.63. The molecule has 1 heterocycles. The first-order valence-corrected chi connectivity index (χ1v) is 11.1. The molecule has 0 saturated heterocycles. The Bertz CT molecular complexity index is 1250. The van der Waals surface area contributed by atoms with Crippen molar-refractivity contribution in [3.05, 3.63) is 101 Å². The van der Waals surface area contributed by atoms with Gasteiger partial charge in [-0.1, -0.05) is 41.9 Å². The van der Waals surface area contributed by atoms with Gasteiger partial charge in [0.1, 0.15) is 18.2 Å². The van der Waals surface area contributed by atoms with Gasteiger partial charge in [0.05, 0.1) is 5.69 Å². The second kappa shape index (κ2) is 11.3. The summed E-state index contributed by atoms with van der Waals surface area (Å²) in [5, 5.41) is 11.5. The van der Waals surface area contributed by atoms with Crippen molar-refractivity contribution in [1.82, 2.24) is 16.4 Å². The van der Waals surface area contributed by atoms with E-state index in [0.717, 1.165) is 5.56 Å². The highest BCUT2D eigenvalue weighted by molar-refractivity contribution is 6.30. The van der Waals surface area contributed by atoms with Crippen LogP contribution in [-0.4, -0.2) is 24.2 Å². The van der Waals surface area contributed by atoms with Crippen LogP contribution in [0.25, 0.3) is 6.08 Å². The summed E-state index contributed by atoms with van der Waals surface area (Å²) in [6, 6.07) is 19.1. The molecule has 0 bridgehead atoms. The van der Waals surface area contributed by atoms with Gasteiger partial charge in [0.2, 0.25) is 11.8 Å². The third kappa shape index (κ3) is 6.66. The molecule has 3 aromatic carbocycles. The zero-order chi connectivity index (χ0) is 24.6. The summed E-state index contributed by atoms with van der Waals surface area (Å²) in [5.41, 5.74) is 8.11. The Morgan fingerprint density at radius 1 is 1.09 bits per heavy atom. The minimum absolute atomic E-state index is 0.274. The number of benzene rings is 3. The van der Waals surface area contributed by atoms with Crippen LogP contribution in [0.15, 0.2) is 84.0 Å². The number of hydrazine groups is 2. The normalized spacial score (nSPS) is 13.5. The van der Waals surface area contributed by atoms with Crippen molar-refractivity contribution in [2.45, 2.75) is 12.5 Å². The Balaban J connectivity index is 1.50. The molecule has 35 heavy (non-hydrogen) atoms. The number of hydrogen-bond acceptors (Lipinski definition) is 6. The van der Waals surface area contributed by atoms with E-state index in [2.05, 4.69) is 26.8 Å². The fourth-order valence-electron chi connectivity index (χ4n) is 3.41. The van der Waals surface area contributed by atoms with Gasteiger partial charge in [-0.3, -0.25) is 9.59 Å². The second-order valence-electron chi connectivity index (χ2n) is 7.62. The molecule has 1 atom stereocenters. The van der Waals surface area contributed by atoms with Crippen LogP contribution in [0, 0.1) is 5.82 Å². The smallest absolute Gasteiger partial charge is 0.247 e. The van der Waals surface area contributed by atoms with Crippen LogP contribution in [0.5, 0.6) is 0 Å². The molecule has 0 spiro atoms. The number of anilines is 2. The largest absolute Gasteiger partial charge is 0.340 e. The molecule has 8 nitrogen and oxygen atoms in total. The number of hydrogen-bond donors (Lipinski definition) is 4. The van der Waals surface area contributed by atoms with Gasteiger partial charge in [-0.2, -0.15) is 5.10 Å². The summed E-state index contributed by atoms with van der Waals surface area (Å²) in [5.74, 6) is -1.30. The molecule has 3 aromatic rings. The summed E-state index contributed by atoms with van der Waals surface area (Å²) >= 11 is 6.14. The van der Waals surface area contributed by atoms with Crippen molar-refractivity contribution in [2.24, 2.45) is 5.10 Å². The van der Waals surface area contributed by atoms with E-state index in [1.807, 2.05) is 30.3 Å². The van der Waals surface area contributed by atoms with Crippen LogP contribution < -0.4 is 26.7 Å². The first kappa shape index (κ1) is 23.9. The highest BCUT2D eigenvalue weighted by Crippen LogP contribution is 2.24. The van der Waals surface area contributed by atoms with E-state index in [-0.39, 0.29) is 6.42 Å². The number of rotatable bonds is 8. The minimum atomic E-state index is -0.866. The van der Waals surface area contributed by atoms with Crippen LogP contribution in [0.2, 0.25) is 5.02 Å². The van der Waals surface area contributed by atoms with Crippen molar-refractivity contribution in [2.75, 3.05) is 10.3 Å². The van der Waals surface area contributed by atoms with Gasteiger partial charge in [0, 0.05) is 28.8 Å². The van der Waals surface area contributed by atoms with Crippen molar-refractivity contribution < 1.29 is 14.0 Å². The molecule has 1 aliphatic rings. The molecule has 4 rings (SSSR count). The summed E-state index contributed by atoms with van der Waals surface area (Å²) in [4.78, 5) is 25.8. The predicted molar refractivity (Wildman–Crippen MR) is 135 cm³/mol. The highest BCUT2D eigenvalue weighted by Gasteiger charge is 2.21. The molecule has 2 amide bonds. The summed E-state index contributed by atoms with van der Waals surface area (Å²) in [7, 11) is 0. The standard InChI is InChI=1S/C25H22ClFN6O2/c26-19-7-12-23(33-16-28-31-32-33)18(15-19)6-13-24(34)30-22(14-17-4-2-1-3-5-17)25(35)29-21-10-8-20(27)9-11-21/h1-13,15-16,22,31-32H,14H2,(H,29,35)(H,30,34)/b13-6+/t22-/m0/s1. The second-order valence-corrected chi connectivity index (χ2v) is 8.06. The third-order valence-electron chi connectivity index (χ3n) is 5.10. The number of carbonyl (C=O) groups excluding carboxylic acids is 2.